The van der Waals surface area contributed by atoms with Crippen molar-refractivity contribution in [1.82, 2.24) is 10.3 Å². The molecule has 0 bridgehead atoms. The number of allylic oxidation sites excluding steroid dienone is 1. The Hall–Kier alpha value is -1.15. The molecule has 0 radical (unpaired) electrons. The Morgan fingerprint density at radius 2 is 2.25 bits per heavy atom. The summed E-state index contributed by atoms with van der Waals surface area (Å²) in [4.78, 5) is 4.52. The summed E-state index contributed by atoms with van der Waals surface area (Å²) in [5.41, 5.74) is 3.96. The molecule has 86 valence electrons. The van der Waals surface area contributed by atoms with Crippen molar-refractivity contribution >= 4 is 0 Å². The van der Waals surface area contributed by atoms with E-state index >= 15 is 0 Å². The Morgan fingerprint density at radius 3 is 2.88 bits per heavy atom. The van der Waals surface area contributed by atoms with Crippen LogP contribution < -0.4 is 5.32 Å². The summed E-state index contributed by atoms with van der Waals surface area (Å²) in [6.07, 6.45) is 9.35. The average molecular weight is 216 g/mol. The van der Waals surface area contributed by atoms with Crippen LogP contribution in [-0.4, -0.2) is 12.0 Å². The Kier molecular flexibility index (Phi) is 3.73. The zero-order valence-corrected chi connectivity index (χ0v) is 10.2. The highest BCUT2D eigenvalue weighted by Gasteiger charge is 2.18. The van der Waals surface area contributed by atoms with E-state index in [-0.39, 0.29) is 0 Å². The fourth-order valence-electron chi connectivity index (χ4n) is 2.42. The maximum atomic E-state index is 4.52. The van der Waals surface area contributed by atoms with E-state index in [2.05, 4.69) is 29.4 Å². The second-order valence-corrected chi connectivity index (χ2v) is 4.45. The Labute approximate surface area is 97.8 Å². The van der Waals surface area contributed by atoms with Crippen molar-refractivity contribution in [2.45, 2.75) is 38.6 Å². The van der Waals surface area contributed by atoms with Crippen molar-refractivity contribution in [3.8, 4) is 0 Å². The highest BCUT2D eigenvalue weighted by Crippen LogP contribution is 2.29. The molecular formula is C14H20N2. The van der Waals surface area contributed by atoms with Crippen LogP contribution in [0.15, 0.2) is 30.0 Å². The first-order valence-corrected chi connectivity index (χ1v) is 6.10. The van der Waals surface area contributed by atoms with E-state index in [0.29, 0.717) is 6.04 Å². The minimum atomic E-state index is 0.307. The summed E-state index contributed by atoms with van der Waals surface area (Å²) >= 11 is 0. The number of pyridine rings is 1. The number of aromatic nitrogens is 1. The molecule has 2 heteroatoms. The zero-order chi connectivity index (χ0) is 11.4. The number of likely N-dealkylation sites (N-methyl/N-ethyl adjacent to an activating group) is 1. The minimum absolute atomic E-state index is 0.307. The molecule has 16 heavy (non-hydrogen) atoms. The first kappa shape index (κ1) is 11.3. The predicted octanol–water partition coefficient (Wildman–Crippen LogP) is 3.15. The SMILES string of the molecule is CNC(C1=CCCCC1)c1ncccc1C. The molecule has 0 aromatic carbocycles. The summed E-state index contributed by atoms with van der Waals surface area (Å²) in [5.74, 6) is 0. The van der Waals surface area contributed by atoms with Crippen molar-refractivity contribution in [2.24, 2.45) is 0 Å². The molecule has 0 saturated carbocycles. The van der Waals surface area contributed by atoms with Crippen LogP contribution in [0.1, 0.15) is 43.0 Å². The first-order valence-electron chi connectivity index (χ1n) is 6.10. The molecule has 1 heterocycles. The number of aryl methyl sites for hydroxylation is 1. The molecule has 2 nitrogen and oxygen atoms in total. The van der Waals surface area contributed by atoms with Crippen molar-refractivity contribution in [2.75, 3.05) is 7.05 Å². The van der Waals surface area contributed by atoms with E-state index in [4.69, 9.17) is 0 Å². The van der Waals surface area contributed by atoms with Crippen LogP contribution in [0.3, 0.4) is 0 Å². The van der Waals surface area contributed by atoms with Gasteiger partial charge >= 0.3 is 0 Å². The van der Waals surface area contributed by atoms with E-state index in [1.807, 2.05) is 19.3 Å². The van der Waals surface area contributed by atoms with Crippen LogP contribution in [0.4, 0.5) is 0 Å². The molecule has 1 aliphatic carbocycles. The third kappa shape index (κ3) is 2.33. The van der Waals surface area contributed by atoms with Gasteiger partial charge in [-0.25, -0.2) is 0 Å². The molecule has 2 rings (SSSR count). The molecule has 0 aliphatic heterocycles. The lowest BCUT2D eigenvalue weighted by Gasteiger charge is -2.23. The highest BCUT2D eigenvalue weighted by molar-refractivity contribution is 5.29. The molecule has 0 spiro atoms. The summed E-state index contributed by atoms with van der Waals surface area (Å²) in [6.45, 7) is 2.13. The standard InChI is InChI=1S/C14H20N2/c1-11-7-6-10-16-13(11)14(15-2)12-8-4-3-5-9-12/h6-8,10,14-15H,3-5,9H2,1-2H3. The van der Waals surface area contributed by atoms with Gasteiger partial charge < -0.3 is 5.32 Å². The summed E-state index contributed by atoms with van der Waals surface area (Å²) in [6, 6.07) is 4.44. The van der Waals surface area contributed by atoms with Crippen molar-refractivity contribution in [1.29, 1.82) is 0 Å². The molecule has 0 amide bonds. The second kappa shape index (κ2) is 5.26. The van der Waals surface area contributed by atoms with E-state index in [0.717, 1.165) is 0 Å². The molecule has 0 fully saturated rings. The largest absolute Gasteiger partial charge is 0.308 e. The van der Waals surface area contributed by atoms with E-state index in [1.165, 1.54) is 42.5 Å². The van der Waals surface area contributed by atoms with E-state index < -0.39 is 0 Å². The second-order valence-electron chi connectivity index (χ2n) is 4.45. The minimum Gasteiger partial charge on any atom is -0.308 e. The number of hydrogen-bond acceptors (Lipinski definition) is 2. The van der Waals surface area contributed by atoms with Gasteiger partial charge in [0.2, 0.25) is 0 Å². The number of rotatable bonds is 3. The maximum Gasteiger partial charge on any atom is 0.0711 e. The van der Waals surface area contributed by atoms with Gasteiger partial charge in [0.05, 0.1) is 11.7 Å². The zero-order valence-electron chi connectivity index (χ0n) is 10.2. The lowest BCUT2D eigenvalue weighted by Crippen LogP contribution is -2.21. The van der Waals surface area contributed by atoms with E-state index in [9.17, 15) is 0 Å². The number of nitrogens with one attached hydrogen (secondary N) is 1. The van der Waals surface area contributed by atoms with Crippen LogP contribution in [0.5, 0.6) is 0 Å². The van der Waals surface area contributed by atoms with Crippen LogP contribution >= 0.6 is 0 Å². The van der Waals surface area contributed by atoms with Crippen LogP contribution in [-0.2, 0) is 0 Å². The van der Waals surface area contributed by atoms with Gasteiger partial charge in [-0.1, -0.05) is 17.7 Å². The molecule has 0 saturated heterocycles. The third-order valence-electron chi connectivity index (χ3n) is 3.31. The molecule has 1 N–H and O–H groups in total. The Bertz CT molecular complexity index is 382. The van der Waals surface area contributed by atoms with Gasteiger partial charge in [0.25, 0.3) is 0 Å². The molecule has 1 aliphatic rings. The lowest BCUT2D eigenvalue weighted by atomic mass is 9.91. The summed E-state index contributed by atoms with van der Waals surface area (Å²) < 4.78 is 0. The molecule has 1 aromatic heterocycles. The van der Waals surface area contributed by atoms with Gasteiger partial charge in [0.15, 0.2) is 0 Å². The van der Waals surface area contributed by atoms with Crippen molar-refractivity contribution in [3.05, 3.63) is 41.2 Å². The van der Waals surface area contributed by atoms with Gasteiger partial charge in [-0.15, -0.1) is 0 Å². The van der Waals surface area contributed by atoms with Gasteiger partial charge in [-0.3, -0.25) is 4.98 Å². The van der Waals surface area contributed by atoms with Gasteiger partial charge in [-0.05, 0) is 51.3 Å². The summed E-state index contributed by atoms with van der Waals surface area (Å²) in [5, 5.41) is 3.40. The Balaban J connectivity index is 2.28. The van der Waals surface area contributed by atoms with Gasteiger partial charge in [0, 0.05) is 6.20 Å². The highest BCUT2D eigenvalue weighted by atomic mass is 14.9. The normalized spacial score (nSPS) is 18.0. The molecule has 1 aromatic rings. The quantitative estimate of drug-likeness (QED) is 0.785. The first-order chi connectivity index (χ1) is 7.83. The van der Waals surface area contributed by atoms with Gasteiger partial charge in [-0.2, -0.15) is 0 Å². The van der Waals surface area contributed by atoms with Crippen molar-refractivity contribution in [3.63, 3.8) is 0 Å². The van der Waals surface area contributed by atoms with Crippen molar-refractivity contribution < 1.29 is 0 Å². The lowest BCUT2D eigenvalue weighted by molar-refractivity contribution is 0.580. The fraction of sp³-hybridized carbons (Fsp3) is 0.500. The number of nitrogens with zero attached hydrogens (tertiary/aromatic N) is 1. The third-order valence-corrected chi connectivity index (χ3v) is 3.31. The van der Waals surface area contributed by atoms with E-state index in [1.54, 1.807) is 0 Å². The summed E-state index contributed by atoms with van der Waals surface area (Å²) in [7, 11) is 2.02. The predicted molar refractivity (Wildman–Crippen MR) is 67.3 cm³/mol. The Morgan fingerprint density at radius 1 is 1.38 bits per heavy atom. The smallest absolute Gasteiger partial charge is 0.0711 e. The molecule has 1 unspecified atom stereocenters. The van der Waals surface area contributed by atoms with Crippen LogP contribution in [0.25, 0.3) is 0 Å². The van der Waals surface area contributed by atoms with Crippen LogP contribution in [0, 0.1) is 6.92 Å². The fourth-order valence-corrected chi connectivity index (χ4v) is 2.42. The molecular weight excluding hydrogens is 196 g/mol. The topological polar surface area (TPSA) is 24.9 Å². The van der Waals surface area contributed by atoms with Gasteiger partial charge in [0.1, 0.15) is 0 Å². The molecule has 1 atom stereocenters. The number of hydrogen-bond donors (Lipinski definition) is 1. The van der Waals surface area contributed by atoms with Crippen LogP contribution in [0.2, 0.25) is 0 Å². The maximum absolute atomic E-state index is 4.52. The monoisotopic (exact) mass is 216 g/mol. The average Bonchev–Trinajstić information content (AvgIpc) is 2.34.